The Bertz CT molecular complexity index is 1260. The summed E-state index contributed by atoms with van der Waals surface area (Å²) in [5.74, 6) is -0.729. The summed E-state index contributed by atoms with van der Waals surface area (Å²) < 4.78 is 0. The molecule has 0 radical (unpaired) electrons. The molecule has 1 aromatic heterocycles. The number of carbonyl (C=O) groups is 2. The monoisotopic (exact) mass is 425 g/mol. The zero-order chi connectivity index (χ0) is 22.0. The quantitative estimate of drug-likeness (QED) is 0.634. The number of aromatic nitrogens is 1. The van der Waals surface area contributed by atoms with E-state index in [1.165, 1.54) is 0 Å². The molecule has 2 heterocycles. The van der Waals surface area contributed by atoms with Crippen LogP contribution in [0.2, 0.25) is 0 Å². The lowest BCUT2D eigenvalue weighted by Gasteiger charge is -2.16. The van der Waals surface area contributed by atoms with Crippen LogP contribution in [0.5, 0.6) is 0 Å². The van der Waals surface area contributed by atoms with E-state index in [4.69, 9.17) is 5.73 Å². The Labute approximate surface area is 182 Å². The van der Waals surface area contributed by atoms with Crippen LogP contribution in [0.4, 0.5) is 11.5 Å². The summed E-state index contributed by atoms with van der Waals surface area (Å²) in [6, 6.07) is 21.8. The van der Waals surface area contributed by atoms with Gasteiger partial charge in [0.1, 0.15) is 28.5 Å². The molecule has 0 spiro atoms. The molecule has 4 rings (SSSR count). The standard InChI is InChI=1S/C23H15N5O2S/c24-12-16-20(14-7-3-1-4-8-14)17(13-25)22(27-21(16)26)31-18-11-19(29)28(23(18)30)15-9-5-2-6-10-15/h1-10,18H,11H2,(H2,26,27). The van der Waals surface area contributed by atoms with Crippen LogP contribution >= 0.6 is 11.8 Å². The molecule has 150 valence electrons. The average Bonchev–Trinajstić information content (AvgIpc) is 3.07. The van der Waals surface area contributed by atoms with Gasteiger partial charge in [0.05, 0.1) is 16.5 Å². The van der Waals surface area contributed by atoms with Crippen molar-refractivity contribution in [3.63, 3.8) is 0 Å². The molecule has 3 aromatic rings. The number of benzene rings is 2. The summed E-state index contributed by atoms with van der Waals surface area (Å²) in [5.41, 5.74) is 7.80. The summed E-state index contributed by atoms with van der Waals surface area (Å²) in [4.78, 5) is 30.9. The minimum absolute atomic E-state index is 0.0223. The number of carbonyl (C=O) groups excluding carboxylic acids is 2. The number of thioether (sulfide) groups is 1. The van der Waals surface area contributed by atoms with Crippen molar-refractivity contribution in [2.24, 2.45) is 0 Å². The van der Waals surface area contributed by atoms with Gasteiger partial charge >= 0.3 is 0 Å². The lowest BCUT2D eigenvalue weighted by Crippen LogP contribution is -2.31. The number of pyridine rings is 1. The zero-order valence-corrected chi connectivity index (χ0v) is 17.0. The first-order valence-electron chi connectivity index (χ1n) is 9.32. The highest BCUT2D eigenvalue weighted by Gasteiger charge is 2.41. The number of nitrogens with zero attached hydrogens (tertiary/aromatic N) is 4. The Hall–Kier alpha value is -4.14. The molecule has 8 heteroatoms. The van der Waals surface area contributed by atoms with Gasteiger partial charge in [0, 0.05) is 12.0 Å². The average molecular weight is 425 g/mol. The zero-order valence-electron chi connectivity index (χ0n) is 16.1. The fourth-order valence-electron chi connectivity index (χ4n) is 3.46. The van der Waals surface area contributed by atoms with Crippen LogP contribution in [0.25, 0.3) is 11.1 Å². The Balaban J connectivity index is 1.76. The molecule has 0 aliphatic carbocycles. The predicted octanol–water partition coefficient (Wildman–Crippen LogP) is 3.50. The van der Waals surface area contributed by atoms with Gasteiger partial charge in [0.15, 0.2) is 0 Å². The third-order valence-electron chi connectivity index (χ3n) is 4.85. The summed E-state index contributed by atoms with van der Waals surface area (Å²) >= 11 is 1.02. The highest BCUT2D eigenvalue weighted by atomic mass is 32.2. The number of para-hydroxylation sites is 1. The van der Waals surface area contributed by atoms with Gasteiger partial charge in [-0.3, -0.25) is 9.59 Å². The van der Waals surface area contributed by atoms with Crippen molar-refractivity contribution in [2.45, 2.75) is 16.7 Å². The maximum atomic E-state index is 13.0. The van der Waals surface area contributed by atoms with E-state index < -0.39 is 5.25 Å². The number of nitriles is 2. The maximum Gasteiger partial charge on any atom is 0.247 e. The SMILES string of the molecule is N#Cc1c(N)nc(SC2CC(=O)N(c3ccccc3)C2=O)c(C#N)c1-c1ccccc1. The molecule has 1 saturated heterocycles. The van der Waals surface area contributed by atoms with Crippen molar-refractivity contribution < 1.29 is 9.59 Å². The van der Waals surface area contributed by atoms with E-state index in [9.17, 15) is 20.1 Å². The Morgan fingerprint density at radius 2 is 1.58 bits per heavy atom. The molecule has 1 fully saturated rings. The summed E-state index contributed by atoms with van der Waals surface area (Å²) in [5, 5.41) is 19.0. The van der Waals surface area contributed by atoms with E-state index >= 15 is 0 Å². The molecule has 1 aliphatic rings. The van der Waals surface area contributed by atoms with E-state index in [-0.39, 0.29) is 40.2 Å². The number of imide groups is 1. The van der Waals surface area contributed by atoms with Gasteiger partial charge in [0.25, 0.3) is 0 Å². The second-order valence-electron chi connectivity index (χ2n) is 6.73. The van der Waals surface area contributed by atoms with Crippen LogP contribution in [-0.2, 0) is 9.59 Å². The maximum absolute atomic E-state index is 13.0. The van der Waals surface area contributed by atoms with Gasteiger partial charge in [-0.2, -0.15) is 10.5 Å². The second kappa shape index (κ2) is 8.31. The number of nitrogen functional groups attached to an aromatic ring is 1. The summed E-state index contributed by atoms with van der Waals surface area (Å²) in [7, 11) is 0. The molecule has 2 N–H and O–H groups in total. The molecule has 31 heavy (non-hydrogen) atoms. The number of rotatable bonds is 4. The fraction of sp³-hybridized carbons (Fsp3) is 0.0870. The van der Waals surface area contributed by atoms with Crippen LogP contribution in [0.15, 0.2) is 65.7 Å². The third kappa shape index (κ3) is 3.61. The van der Waals surface area contributed by atoms with Crippen molar-refractivity contribution in [3.05, 3.63) is 71.8 Å². The van der Waals surface area contributed by atoms with Gasteiger partial charge in [-0.1, -0.05) is 60.3 Å². The van der Waals surface area contributed by atoms with Crippen molar-refractivity contribution in [1.82, 2.24) is 4.98 Å². The highest BCUT2D eigenvalue weighted by Crippen LogP contribution is 2.39. The largest absolute Gasteiger partial charge is 0.383 e. The Kier molecular flexibility index (Phi) is 5.40. The number of amides is 2. The molecule has 0 bridgehead atoms. The van der Waals surface area contributed by atoms with E-state index in [0.717, 1.165) is 16.7 Å². The molecule has 0 saturated carbocycles. The number of anilines is 2. The first-order valence-corrected chi connectivity index (χ1v) is 10.2. The van der Waals surface area contributed by atoms with Crippen molar-refractivity contribution in [2.75, 3.05) is 10.6 Å². The van der Waals surface area contributed by atoms with Crippen molar-refractivity contribution in [1.29, 1.82) is 10.5 Å². The Morgan fingerprint density at radius 3 is 2.19 bits per heavy atom. The molecule has 1 aliphatic heterocycles. The van der Waals surface area contributed by atoms with Crippen molar-refractivity contribution >= 4 is 35.1 Å². The van der Waals surface area contributed by atoms with Gasteiger partial charge in [-0.05, 0) is 17.7 Å². The van der Waals surface area contributed by atoms with Crippen LogP contribution in [0.3, 0.4) is 0 Å². The van der Waals surface area contributed by atoms with E-state index in [1.54, 1.807) is 54.6 Å². The van der Waals surface area contributed by atoms with Gasteiger partial charge in [0.2, 0.25) is 11.8 Å². The van der Waals surface area contributed by atoms with Crippen LogP contribution in [-0.4, -0.2) is 22.0 Å². The summed E-state index contributed by atoms with van der Waals surface area (Å²) in [6.45, 7) is 0. The topological polar surface area (TPSA) is 124 Å². The van der Waals surface area contributed by atoms with Crippen LogP contribution < -0.4 is 10.6 Å². The van der Waals surface area contributed by atoms with E-state index in [2.05, 4.69) is 11.1 Å². The smallest absolute Gasteiger partial charge is 0.247 e. The molecule has 1 atom stereocenters. The molecule has 2 aromatic carbocycles. The molecule has 7 nitrogen and oxygen atoms in total. The fourth-order valence-corrected chi connectivity index (χ4v) is 4.57. The minimum atomic E-state index is -0.747. The Morgan fingerprint density at radius 1 is 0.968 bits per heavy atom. The second-order valence-corrected chi connectivity index (χ2v) is 7.92. The lowest BCUT2D eigenvalue weighted by atomic mass is 9.97. The first kappa shape index (κ1) is 20.1. The third-order valence-corrected chi connectivity index (χ3v) is 6.02. The molecule has 2 amide bonds. The lowest BCUT2D eigenvalue weighted by molar-refractivity contribution is -0.121. The molecule has 1 unspecified atom stereocenters. The molecular weight excluding hydrogens is 410 g/mol. The van der Waals surface area contributed by atoms with Crippen LogP contribution in [0.1, 0.15) is 17.5 Å². The van der Waals surface area contributed by atoms with Crippen LogP contribution in [0, 0.1) is 22.7 Å². The first-order chi connectivity index (χ1) is 15.0. The molecular formula is C23H15N5O2S. The van der Waals surface area contributed by atoms with E-state index in [1.807, 2.05) is 12.1 Å². The minimum Gasteiger partial charge on any atom is -0.383 e. The predicted molar refractivity (Wildman–Crippen MR) is 117 cm³/mol. The van der Waals surface area contributed by atoms with Gasteiger partial charge in [-0.15, -0.1) is 0 Å². The van der Waals surface area contributed by atoms with Gasteiger partial charge in [-0.25, -0.2) is 9.88 Å². The summed E-state index contributed by atoms with van der Waals surface area (Å²) in [6.07, 6.45) is -0.0223. The normalized spacial score (nSPS) is 15.5. The number of nitrogens with two attached hydrogens (primary N) is 1. The number of hydrogen-bond acceptors (Lipinski definition) is 7. The number of hydrogen-bond donors (Lipinski definition) is 1. The van der Waals surface area contributed by atoms with Crippen molar-refractivity contribution in [3.8, 4) is 23.3 Å². The highest BCUT2D eigenvalue weighted by molar-refractivity contribution is 8.00. The van der Waals surface area contributed by atoms with E-state index in [0.29, 0.717) is 16.8 Å². The van der Waals surface area contributed by atoms with Gasteiger partial charge < -0.3 is 5.73 Å².